The second kappa shape index (κ2) is 7.67. The van der Waals surface area contributed by atoms with Crippen LogP contribution in [0.5, 0.6) is 5.75 Å². The average Bonchev–Trinajstić information content (AvgIpc) is 2.61. The lowest BCUT2D eigenvalue weighted by Crippen LogP contribution is -2.02. The third-order valence-electron chi connectivity index (χ3n) is 3.95. The number of rotatable bonds is 6. The SMILES string of the molecule is Cc1ccc(-c2cc(CC(=O)O)cc(OCc3ccccc3)c2)cc1. The second-order valence-corrected chi connectivity index (χ2v) is 6.08. The molecule has 3 nitrogen and oxygen atoms in total. The minimum atomic E-state index is -0.852. The maximum Gasteiger partial charge on any atom is 0.307 e. The number of aryl methyl sites for hydroxylation is 1. The summed E-state index contributed by atoms with van der Waals surface area (Å²) in [5.41, 5.74) is 4.99. The number of hydrogen-bond donors (Lipinski definition) is 1. The van der Waals surface area contributed by atoms with Crippen LogP contribution >= 0.6 is 0 Å². The van der Waals surface area contributed by atoms with Crippen molar-refractivity contribution in [2.24, 2.45) is 0 Å². The van der Waals surface area contributed by atoms with Crippen molar-refractivity contribution in [2.75, 3.05) is 0 Å². The molecule has 0 aromatic heterocycles. The van der Waals surface area contributed by atoms with E-state index in [-0.39, 0.29) is 6.42 Å². The number of aliphatic carboxylic acids is 1. The topological polar surface area (TPSA) is 46.5 Å². The van der Waals surface area contributed by atoms with E-state index in [0.717, 1.165) is 22.3 Å². The third-order valence-corrected chi connectivity index (χ3v) is 3.95. The summed E-state index contributed by atoms with van der Waals surface area (Å²) in [6.07, 6.45) is -0.0264. The molecule has 0 saturated heterocycles. The predicted octanol–water partition coefficient (Wildman–Crippen LogP) is 4.87. The maximum absolute atomic E-state index is 11.1. The molecule has 0 spiro atoms. The van der Waals surface area contributed by atoms with Gasteiger partial charge in [-0.05, 0) is 41.3 Å². The monoisotopic (exact) mass is 332 g/mol. The summed E-state index contributed by atoms with van der Waals surface area (Å²) in [6, 6.07) is 23.7. The first-order valence-corrected chi connectivity index (χ1v) is 8.20. The Labute approximate surface area is 147 Å². The maximum atomic E-state index is 11.1. The van der Waals surface area contributed by atoms with Gasteiger partial charge in [0.05, 0.1) is 6.42 Å². The van der Waals surface area contributed by atoms with Crippen molar-refractivity contribution in [3.8, 4) is 16.9 Å². The molecule has 3 heteroatoms. The first-order chi connectivity index (χ1) is 12.1. The molecule has 3 aromatic carbocycles. The van der Waals surface area contributed by atoms with Crippen molar-refractivity contribution in [1.29, 1.82) is 0 Å². The summed E-state index contributed by atoms with van der Waals surface area (Å²) in [5.74, 6) is -0.173. The molecule has 0 fully saturated rings. The van der Waals surface area contributed by atoms with E-state index in [1.54, 1.807) is 6.07 Å². The third kappa shape index (κ3) is 4.70. The Bertz CT molecular complexity index is 852. The Kier molecular flexibility index (Phi) is 5.14. The molecule has 0 aliphatic heterocycles. The molecule has 0 saturated carbocycles. The van der Waals surface area contributed by atoms with Gasteiger partial charge in [0.25, 0.3) is 0 Å². The summed E-state index contributed by atoms with van der Waals surface area (Å²) >= 11 is 0. The fourth-order valence-corrected chi connectivity index (χ4v) is 2.67. The molecule has 0 amide bonds. The normalized spacial score (nSPS) is 10.4. The Hall–Kier alpha value is -3.07. The summed E-state index contributed by atoms with van der Waals surface area (Å²) in [4.78, 5) is 11.1. The van der Waals surface area contributed by atoms with Crippen LogP contribution < -0.4 is 4.74 Å². The van der Waals surface area contributed by atoms with Gasteiger partial charge in [-0.1, -0.05) is 66.2 Å². The van der Waals surface area contributed by atoms with Gasteiger partial charge in [0.15, 0.2) is 0 Å². The highest BCUT2D eigenvalue weighted by Crippen LogP contribution is 2.27. The van der Waals surface area contributed by atoms with Crippen molar-refractivity contribution >= 4 is 5.97 Å². The first-order valence-electron chi connectivity index (χ1n) is 8.20. The molecule has 3 aromatic rings. The lowest BCUT2D eigenvalue weighted by Gasteiger charge is -2.11. The molecule has 0 aliphatic rings. The van der Waals surface area contributed by atoms with Gasteiger partial charge in [0, 0.05) is 0 Å². The summed E-state index contributed by atoms with van der Waals surface area (Å²) in [7, 11) is 0. The van der Waals surface area contributed by atoms with E-state index in [0.29, 0.717) is 12.4 Å². The van der Waals surface area contributed by atoms with Crippen LogP contribution in [0.4, 0.5) is 0 Å². The van der Waals surface area contributed by atoms with Crippen LogP contribution in [0.25, 0.3) is 11.1 Å². The lowest BCUT2D eigenvalue weighted by molar-refractivity contribution is -0.136. The van der Waals surface area contributed by atoms with E-state index in [9.17, 15) is 4.79 Å². The number of carbonyl (C=O) groups is 1. The van der Waals surface area contributed by atoms with Gasteiger partial charge in [0.2, 0.25) is 0 Å². The molecular formula is C22H20O3. The fourth-order valence-electron chi connectivity index (χ4n) is 2.67. The quantitative estimate of drug-likeness (QED) is 0.700. The Morgan fingerprint density at radius 1 is 0.880 bits per heavy atom. The molecular weight excluding hydrogens is 312 g/mol. The smallest absolute Gasteiger partial charge is 0.307 e. The van der Waals surface area contributed by atoms with Gasteiger partial charge in [-0.2, -0.15) is 0 Å². The standard InChI is InChI=1S/C22H20O3/c1-16-7-9-19(10-8-16)20-11-18(13-22(23)24)12-21(14-20)25-15-17-5-3-2-4-6-17/h2-12,14H,13,15H2,1H3,(H,23,24). The summed E-state index contributed by atoms with van der Waals surface area (Å²) in [6.45, 7) is 2.49. The van der Waals surface area contributed by atoms with Crippen LogP contribution in [0.15, 0.2) is 72.8 Å². The zero-order chi connectivity index (χ0) is 17.6. The van der Waals surface area contributed by atoms with E-state index < -0.39 is 5.97 Å². The number of benzene rings is 3. The number of carboxylic acid groups (broad SMARTS) is 1. The van der Waals surface area contributed by atoms with Gasteiger partial charge < -0.3 is 9.84 Å². The lowest BCUT2D eigenvalue weighted by atomic mass is 10.0. The summed E-state index contributed by atoms with van der Waals surface area (Å²) < 4.78 is 5.91. The second-order valence-electron chi connectivity index (χ2n) is 6.08. The molecule has 0 bridgehead atoms. The molecule has 126 valence electrons. The van der Waals surface area contributed by atoms with Crippen LogP contribution in [0.1, 0.15) is 16.7 Å². The van der Waals surface area contributed by atoms with E-state index in [4.69, 9.17) is 9.84 Å². The van der Waals surface area contributed by atoms with Crippen molar-refractivity contribution in [1.82, 2.24) is 0 Å². The fraction of sp³-hybridized carbons (Fsp3) is 0.136. The van der Waals surface area contributed by atoms with E-state index in [1.807, 2.05) is 73.7 Å². The Balaban J connectivity index is 1.89. The van der Waals surface area contributed by atoms with Crippen molar-refractivity contribution in [2.45, 2.75) is 20.0 Å². The Morgan fingerprint density at radius 2 is 1.60 bits per heavy atom. The summed E-state index contributed by atoms with van der Waals surface area (Å²) in [5, 5.41) is 9.12. The van der Waals surface area contributed by atoms with Gasteiger partial charge >= 0.3 is 5.97 Å². The molecule has 0 aliphatic carbocycles. The van der Waals surface area contributed by atoms with Crippen LogP contribution in [-0.4, -0.2) is 11.1 Å². The van der Waals surface area contributed by atoms with Gasteiger partial charge in [0.1, 0.15) is 12.4 Å². The van der Waals surface area contributed by atoms with Crippen molar-refractivity contribution in [3.05, 3.63) is 89.5 Å². The number of hydrogen-bond acceptors (Lipinski definition) is 2. The highest BCUT2D eigenvalue weighted by Gasteiger charge is 2.08. The van der Waals surface area contributed by atoms with E-state index in [2.05, 4.69) is 0 Å². The minimum Gasteiger partial charge on any atom is -0.489 e. The van der Waals surface area contributed by atoms with E-state index >= 15 is 0 Å². The van der Waals surface area contributed by atoms with Crippen LogP contribution in [0.3, 0.4) is 0 Å². The number of carboxylic acids is 1. The van der Waals surface area contributed by atoms with Gasteiger partial charge in [-0.25, -0.2) is 0 Å². The van der Waals surface area contributed by atoms with Crippen molar-refractivity contribution in [3.63, 3.8) is 0 Å². The molecule has 3 rings (SSSR count). The average molecular weight is 332 g/mol. The van der Waals surface area contributed by atoms with Crippen LogP contribution in [-0.2, 0) is 17.8 Å². The largest absolute Gasteiger partial charge is 0.489 e. The van der Waals surface area contributed by atoms with E-state index in [1.165, 1.54) is 5.56 Å². The van der Waals surface area contributed by atoms with Crippen LogP contribution in [0.2, 0.25) is 0 Å². The molecule has 1 N–H and O–H groups in total. The van der Waals surface area contributed by atoms with Crippen molar-refractivity contribution < 1.29 is 14.6 Å². The molecule has 0 atom stereocenters. The Morgan fingerprint density at radius 3 is 2.28 bits per heavy atom. The van der Waals surface area contributed by atoms with Crippen LogP contribution in [0, 0.1) is 6.92 Å². The minimum absolute atomic E-state index is 0.0264. The highest BCUT2D eigenvalue weighted by atomic mass is 16.5. The van der Waals surface area contributed by atoms with Gasteiger partial charge in [-0.3, -0.25) is 4.79 Å². The number of ether oxygens (including phenoxy) is 1. The zero-order valence-electron chi connectivity index (χ0n) is 14.1. The zero-order valence-corrected chi connectivity index (χ0v) is 14.1. The molecule has 0 heterocycles. The first kappa shape index (κ1) is 16.8. The molecule has 0 radical (unpaired) electrons. The van der Waals surface area contributed by atoms with Gasteiger partial charge in [-0.15, -0.1) is 0 Å². The molecule has 0 unspecified atom stereocenters. The predicted molar refractivity (Wildman–Crippen MR) is 98.7 cm³/mol. The molecule has 25 heavy (non-hydrogen) atoms. The highest BCUT2D eigenvalue weighted by molar-refractivity contribution is 5.73.